The van der Waals surface area contributed by atoms with E-state index in [4.69, 9.17) is 4.98 Å². The van der Waals surface area contributed by atoms with Crippen LogP contribution in [0.15, 0.2) is 41.3 Å². The molecule has 1 aliphatic carbocycles. The zero-order valence-corrected chi connectivity index (χ0v) is 25.0. The summed E-state index contributed by atoms with van der Waals surface area (Å²) in [7, 11) is -3.76. The highest BCUT2D eigenvalue weighted by molar-refractivity contribution is 7.89. The molecular formula is C28H35N7O3S2. The van der Waals surface area contributed by atoms with Gasteiger partial charge >= 0.3 is 0 Å². The first-order valence-electron chi connectivity index (χ1n) is 13.4. The molecule has 0 radical (unpaired) electrons. The number of thiazole rings is 1. The number of rotatable bonds is 9. The molecule has 1 amide bonds. The van der Waals surface area contributed by atoms with Gasteiger partial charge in [0.05, 0.1) is 15.5 Å². The number of hydrogen-bond acceptors (Lipinski definition) is 8. The number of aromatic nitrogens is 5. The van der Waals surface area contributed by atoms with Crippen LogP contribution >= 0.6 is 11.3 Å². The lowest BCUT2D eigenvalue weighted by Gasteiger charge is -2.25. The number of amides is 1. The summed E-state index contributed by atoms with van der Waals surface area (Å²) < 4.78 is 29.4. The fourth-order valence-corrected chi connectivity index (χ4v) is 7.51. The molecule has 0 bridgehead atoms. The van der Waals surface area contributed by atoms with Gasteiger partial charge in [0.25, 0.3) is 5.91 Å². The van der Waals surface area contributed by atoms with Gasteiger partial charge in [-0.15, -0.1) is 21.5 Å². The van der Waals surface area contributed by atoms with Crippen molar-refractivity contribution in [3.63, 3.8) is 0 Å². The molecule has 1 fully saturated rings. The van der Waals surface area contributed by atoms with Crippen LogP contribution in [-0.4, -0.2) is 52.0 Å². The van der Waals surface area contributed by atoms with E-state index in [1.165, 1.54) is 17.8 Å². The summed E-state index contributed by atoms with van der Waals surface area (Å²) in [5.41, 5.74) is 0.622. The summed E-state index contributed by atoms with van der Waals surface area (Å²) in [6, 6.07) is 11.0. The molecule has 212 valence electrons. The minimum atomic E-state index is -3.76. The molecule has 0 aliphatic heterocycles. The van der Waals surface area contributed by atoms with Crippen LogP contribution in [0.4, 0.5) is 0 Å². The van der Waals surface area contributed by atoms with E-state index in [0.717, 1.165) is 40.8 Å². The third-order valence-corrected chi connectivity index (χ3v) is 10.0. The molecule has 0 atom stereocenters. The second kappa shape index (κ2) is 10.6. The lowest BCUT2D eigenvalue weighted by atomic mass is 9.81. The van der Waals surface area contributed by atoms with Crippen LogP contribution in [0.5, 0.6) is 0 Å². The van der Waals surface area contributed by atoms with E-state index in [0.29, 0.717) is 28.7 Å². The number of carbonyl (C=O) groups is 1. The number of nitrogens with one attached hydrogen (secondary N) is 3. The molecule has 4 aromatic rings. The second-order valence-electron chi connectivity index (χ2n) is 12.1. The van der Waals surface area contributed by atoms with E-state index in [9.17, 15) is 13.2 Å². The Morgan fingerprint density at radius 2 is 1.80 bits per heavy atom. The molecule has 2 aromatic carbocycles. The standard InChI is InChI=1S/C28H35N7O3S2/c1-27(2,3)33-40(37,38)22-14-13-20(18-11-6-7-12-19(18)22)23-21(15-17-9-8-10-17)30-25(39-23)24(36)29-16-28(4,5)26-31-34-35-32-26/h6-7,11-14,17,33H,8-10,15-16H2,1-5H3,(H,29,36)(H,31,32,34,35). The highest BCUT2D eigenvalue weighted by Crippen LogP contribution is 2.40. The largest absolute Gasteiger partial charge is 0.349 e. The summed E-state index contributed by atoms with van der Waals surface area (Å²) in [5.74, 6) is 0.789. The van der Waals surface area contributed by atoms with Crippen LogP contribution in [0.3, 0.4) is 0 Å². The summed E-state index contributed by atoms with van der Waals surface area (Å²) in [4.78, 5) is 19.2. The molecule has 0 unspecified atom stereocenters. The van der Waals surface area contributed by atoms with Gasteiger partial charge in [-0.25, -0.2) is 18.1 Å². The number of sulfonamides is 1. The Kier molecular flexibility index (Phi) is 7.53. The van der Waals surface area contributed by atoms with Crippen molar-refractivity contribution in [2.45, 2.75) is 76.2 Å². The lowest BCUT2D eigenvalue weighted by Crippen LogP contribution is -2.40. The molecule has 2 aromatic heterocycles. The zero-order chi connectivity index (χ0) is 28.7. The Morgan fingerprint density at radius 3 is 2.42 bits per heavy atom. The quantitative estimate of drug-likeness (QED) is 0.262. The molecule has 2 heterocycles. The van der Waals surface area contributed by atoms with Gasteiger partial charge in [-0.1, -0.05) is 68.7 Å². The van der Waals surface area contributed by atoms with Gasteiger partial charge in [-0.3, -0.25) is 4.79 Å². The first kappa shape index (κ1) is 28.3. The van der Waals surface area contributed by atoms with Gasteiger partial charge in [0.2, 0.25) is 10.0 Å². The van der Waals surface area contributed by atoms with Gasteiger partial charge in [0, 0.05) is 28.4 Å². The number of carbonyl (C=O) groups excluding carboxylic acids is 1. The summed E-state index contributed by atoms with van der Waals surface area (Å²) >= 11 is 1.35. The van der Waals surface area contributed by atoms with E-state index in [2.05, 4.69) is 30.7 Å². The van der Waals surface area contributed by atoms with Gasteiger partial charge in [-0.2, -0.15) is 5.21 Å². The molecule has 0 spiro atoms. The molecule has 1 aliphatic rings. The molecule has 12 heteroatoms. The van der Waals surface area contributed by atoms with Crippen molar-refractivity contribution in [1.82, 2.24) is 35.6 Å². The SMILES string of the molecule is CC(C)(C)NS(=O)(=O)c1ccc(-c2sc(C(=O)NCC(C)(C)c3nn[nH]n3)nc2CC2CCC2)c2ccccc12. The van der Waals surface area contributed by atoms with Crippen LogP contribution in [-0.2, 0) is 21.9 Å². The highest BCUT2D eigenvalue weighted by atomic mass is 32.2. The fraction of sp³-hybridized carbons (Fsp3) is 0.464. The van der Waals surface area contributed by atoms with Gasteiger partial charge in [0.1, 0.15) is 0 Å². The van der Waals surface area contributed by atoms with E-state index in [-0.39, 0.29) is 10.8 Å². The number of hydrogen-bond donors (Lipinski definition) is 3. The molecule has 1 saturated carbocycles. The lowest BCUT2D eigenvalue weighted by molar-refractivity contribution is 0.0944. The number of tetrazole rings is 1. The van der Waals surface area contributed by atoms with Crippen molar-refractivity contribution in [3.8, 4) is 10.4 Å². The predicted molar refractivity (Wildman–Crippen MR) is 156 cm³/mol. The Balaban J connectivity index is 1.52. The van der Waals surface area contributed by atoms with E-state index in [1.807, 2.05) is 65.0 Å². The van der Waals surface area contributed by atoms with Crippen molar-refractivity contribution in [2.75, 3.05) is 6.54 Å². The number of benzene rings is 2. The van der Waals surface area contributed by atoms with Crippen LogP contribution in [0, 0.1) is 5.92 Å². The first-order chi connectivity index (χ1) is 18.8. The van der Waals surface area contributed by atoms with Crippen LogP contribution in [0.1, 0.15) is 75.2 Å². The van der Waals surface area contributed by atoms with Gasteiger partial charge in [0.15, 0.2) is 10.8 Å². The maximum Gasteiger partial charge on any atom is 0.280 e. The minimum absolute atomic E-state index is 0.230. The Labute approximate surface area is 238 Å². The third-order valence-electron chi connectivity index (χ3n) is 7.10. The maximum atomic E-state index is 13.3. The topological polar surface area (TPSA) is 143 Å². The van der Waals surface area contributed by atoms with E-state index < -0.39 is 21.0 Å². The van der Waals surface area contributed by atoms with Crippen molar-refractivity contribution in [2.24, 2.45) is 5.92 Å². The normalized spacial score (nSPS) is 14.8. The first-order valence-corrected chi connectivity index (χ1v) is 15.7. The van der Waals surface area contributed by atoms with Crippen molar-refractivity contribution in [1.29, 1.82) is 0 Å². The Bertz CT molecular complexity index is 1630. The fourth-order valence-electron chi connectivity index (χ4n) is 4.83. The van der Waals surface area contributed by atoms with Gasteiger partial charge in [-0.05, 0) is 44.6 Å². The van der Waals surface area contributed by atoms with Crippen LogP contribution in [0.25, 0.3) is 21.2 Å². The van der Waals surface area contributed by atoms with Crippen LogP contribution < -0.4 is 10.0 Å². The van der Waals surface area contributed by atoms with Gasteiger partial charge < -0.3 is 5.32 Å². The minimum Gasteiger partial charge on any atom is -0.349 e. The van der Waals surface area contributed by atoms with E-state index >= 15 is 0 Å². The average molecular weight is 582 g/mol. The third kappa shape index (κ3) is 5.93. The maximum absolute atomic E-state index is 13.3. The second-order valence-corrected chi connectivity index (χ2v) is 14.8. The molecule has 10 nitrogen and oxygen atoms in total. The molecule has 0 saturated heterocycles. The number of aromatic amines is 1. The number of fused-ring (bicyclic) bond motifs is 1. The Morgan fingerprint density at radius 1 is 1.07 bits per heavy atom. The summed E-state index contributed by atoms with van der Waals surface area (Å²) in [5, 5.41) is 19.0. The monoisotopic (exact) mass is 581 g/mol. The Hall–Kier alpha value is -3.22. The average Bonchev–Trinajstić information content (AvgIpc) is 3.54. The number of nitrogens with zero attached hydrogens (tertiary/aromatic N) is 4. The molecule has 5 rings (SSSR count). The van der Waals surface area contributed by atoms with Crippen molar-refractivity contribution >= 4 is 38.0 Å². The zero-order valence-electron chi connectivity index (χ0n) is 23.4. The highest BCUT2D eigenvalue weighted by Gasteiger charge is 2.30. The van der Waals surface area contributed by atoms with Crippen molar-refractivity contribution in [3.05, 3.63) is 52.9 Å². The smallest absolute Gasteiger partial charge is 0.280 e. The molecular weight excluding hydrogens is 546 g/mol. The predicted octanol–water partition coefficient (Wildman–Crippen LogP) is 4.60. The number of H-pyrrole nitrogens is 1. The summed E-state index contributed by atoms with van der Waals surface area (Å²) in [6.45, 7) is 9.64. The van der Waals surface area contributed by atoms with E-state index in [1.54, 1.807) is 6.07 Å². The van der Waals surface area contributed by atoms with Crippen molar-refractivity contribution < 1.29 is 13.2 Å². The molecule has 3 N–H and O–H groups in total. The summed E-state index contributed by atoms with van der Waals surface area (Å²) in [6.07, 6.45) is 4.29. The van der Waals surface area contributed by atoms with Crippen LogP contribution in [0.2, 0.25) is 0 Å². The molecule has 40 heavy (non-hydrogen) atoms.